The van der Waals surface area contributed by atoms with E-state index >= 15 is 0 Å². The molecule has 0 aromatic rings. The van der Waals surface area contributed by atoms with Crippen molar-refractivity contribution in [1.29, 1.82) is 0 Å². The van der Waals surface area contributed by atoms with Gasteiger partial charge in [-0.3, -0.25) is 0 Å². The second kappa shape index (κ2) is 11.0. The standard InChI is InChI=1S/C15H26O2.H3N/c1-12(2)7-5-8-13(3)9-6-10-14(4)11-15(16)17;/h6,10-13H,5,7-9H2,1-4H3,(H,16,17);1H3/p+1/b10-6+,14-11+;/t13-;/m0./s1. The van der Waals surface area contributed by atoms with Crippen LogP contribution in [0, 0.1) is 11.8 Å². The third kappa shape index (κ3) is 13.0. The van der Waals surface area contributed by atoms with E-state index in [0.29, 0.717) is 5.92 Å². The maximum absolute atomic E-state index is 10.4. The van der Waals surface area contributed by atoms with Crippen LogP contribution in [0.1, 0.15) is 53.4 Å². The van der Waals surface area contributed by atoms with E-state index in [1.54, 1.807) is 0 Å². The van der Waals surface area contributed by atoms with Crippen LogP contribution in [0.4, 0.5) is 0 Å². The second-order valence-electron chi connectivity index (χ2n) is 5.29. The first-order valence-electron chi connectivity index (χ1n) is 6.49. The van der Waals surface area contributed by atoms with Crippen LogP contribution in [-0.4, -0.2) is 11.1 Å². The molecule has 106 valence electrons. The summed E-state index contributed by atoms with van der Waals surface area (Å²) in [6, 6.07) is 0. The summed E-state index contributed by atoms with van der Waals surface area (Å²) in [5.41, 5.74) is 0.798. The highest BCUT2D eigenvalue weighted by molar-refractivity contribution is 5.81. The van der Waals surface area contributed by atoms with Gasteiger partial charge >= 0.3 is 5.97 Å². The van der Waals surface area contributed by atoms with Crippen LogP contribution < -0.4 is 6.15 Å². The molecule has 0 saturated heterocycles. The van der Waals surface area contributed by atoms with E-state index in [-0.39, 0.29) is 6.15 Å². The van der Waals surface area contributed by atoms with Crippen LogP contribution >= 0.6 is 0 Å². The lowest BCUT2D eigenvalue weighted by molar-refractivity contribution is -0.131. The van der Waals surface area contributed by atoms with Crippen molar-refractivity contribution in [1.82, 2.24) is 6.15 Å². The minimum atomic E-state index is -0.878. The average Bonchev–Trinajstić information content (AvgIpc) is 2.15. The molecule has 1 atom stereocenters. The second-order valence-corrected chi connectivity index (χ2v) is 5.29. The molecule has 0 saturated carbocycles. The molecule has 5 N–H and O–H groups in total. The van der Waals surface area contributed by atoms with Gasteiger partial charge in [0.25, 0.3) is 0 Å². The number of hydrogen-bond acceptors (Lipinski definition) is 1. The Morgan fingerprint density at radius 1 is 1.22 bits per heavy atom. The van der Waals surface area contributed by atoms with E-state index in [4.69, 9.17) is 5.11 Å². The van der Waals surface area contributed by atoms with Crippen molar-refractivity contribution in [3.05, 3.63) is 23.8 Å². The van der Waals surface area contributed by atoms with Crippen LogP contribution in [0.3, 0.4) is 0 Å². The summed E-state index contributed by atoms with van der Waals surface area (Å²) >= 11 is 0. The van der Waals surface area contributed by atoms with Gasteiger partial charge in [0.05, 0.1) is 0 Å². The van der Waals surface area contributed by atoms with Crippen molar-refractivity contribution in [3.63, 3.8) is 0 Å². The molecule has 0 amide bonds. The Balaban J connectivity index is 0. The van der Waals surface area contributed by atoms with E-state index in [0.717, 1.165) is 17.9 Å². The Bertz CT molecular complexity index is 280. The van der Waals surface area contributed by atoms with E-state index in [2.05, 4.69) is 26.8 Å². The van der Waals surface area contributed by atoms with Crippen LogP contribution in [0.25, 0.3) is 0 Å². The summed E-state index contributed by atoms with van der Waals surface area (Å²) in [5.74, 6) is 0.596. The minimum Gasteiger partial charge on any atom is -0.478 e. The van der Waals surface area contributed by atoms with Crippen molar-refractivity contribution in [2.45, 2.75) is 53.4 Å². The maximum atomic E-state index is 10.4. The first-order valence-corrected chi connectivity index (χ1v) is 6.49. The van der Waals surface area contributed by atoms with E-state index in [1.165, 1.54) is 25.3 Å². The third-order valence-corrected chi connectivity index (χ3v) is 2.75. The molecule has 0 aliphatic carbocycles. The molecule has 3 nitrogen and oxygen atoms in total. The van der Waals surface area contributed by atoms with E-state index in [1.807, 2.05) is 13.0 Å². The summed E-state index contributed by atoms with van der Waals surface area (Å²) in [7, 11) is 0. The predicted molar refractivity (Wildman–Crippen MR) is 79.0 cm³/mol. The van der Waals surface area contributed by atoms with Gasteiger partial charge in [0.15, 0.2) is 0 Å². The summed E-state index contributed by atoms with van der Waals surface area (Å²) in [6.07, 6.45) is 10.1. The Hall–Kier alpha value is -1.09. The van der Waals surface area contributed by atoms with E-state index in [9.17, 15) is 4.79 Å². The molecule has 3 heteroatoms. The predicted octanol–water partition coefficient (Wildman–Crippen LogP) is 4.80. The number of rotatable bonds is 8. The molecule has 0 bridgehead atoms. The number of hydrogen-bond donors (Lipinski definition) is 2. The summed E-state index contributed by atoms with van der Waals surface area (Å²) < 4.78 is 0. The molecule has 0 aromatic carbocycles. The number of carboxylic acids is 1. The fourth-order valence-corrected chi connectivity index (χ4v) is 1.72. The van der Waals surface area contributed by atoms with Gasteiger partial charge in [-0.15, -0.1) is 0 Å². The number of carboxylic acid groups (broad SMARTS) is 1. The van der Waals surface area contributed by atoms with E-state index < -0.39 is 5.97 Å². The molecule has 0 spiro atoms. The number of aliphatic carboxylic acids is 1. The summed E-state index contributed by atoms with van der Waals surface area (Å²) in [5, 5.41) is 8.55. The van der Waals surface area contributed by atoms with Crippen molar-refractivity contribution in [2.75, 3.05) is 0 Å². The Morgan fingerprint density at radius 3 is 2.33 bits per heavy atom. The van der Waals surface area contributed by atoms with Crippen LogP contribution in [0.5, 0.6) is 0 Å². The molecular formula is C15H30NO2+. The molecular weight excluding hydrogens is 226 g/mol. The molecule has 0 unspecified atom stereocenters. The number of quaternary nitrogens is 1. The lowest BCUT2D eigenvalue weighted by Crippen LogP contribution is -1.95. The van der Waals surface area contributed by atoms with Crippen LogP contribution in [-0.2, 0) is 4.79 Å². The fourth-order valence-electron chi connectivity index (χ4n) is 1.72. The zero-order valence-corrected chi connectivity index (χ0v) is 12.6. The SMILES string of the molecule is CC(/C=C/C[C@@H](C)CCCC(C)C)=C\C(=O)O.[NH4+]. The van der Waals surface area contributed by atoms with Crippen molar-refractivity contribution >= 4 is 5.97 Å². The monoisotopic (exact) mass is 256 g/mol. The lowest BCUT2D eigenvalue weighted by atomic mass is 9.97. The topological polar surface area (TPSA) is 73.8 Å². The zero-order chi connectivity index (χ0) is 13.3. The minimum absolute atomic E-state index is 0. The first kappa shape index (κ1) is 19.3. The highest BCUT2D eigenvalue weighted by Gasteiger charge is 2.01. The van der Waals surface area contributed by atoms with Crippen LogP contribution in [0.2, 0.25) is 0 Å². The molecule has 0 aliphatic heterocycles. The molecule has 0 rings (SSSR count). The molecule has 0 fully saturated rings. The van der Waals surface area contributed by atoms with Crippen molar-refractivity contribution < 1.29 is 9.90 Å². The van der Waals surface area contributed by atoms with Gasteiger partial charge in [0.2, 0.25) is 0 Å². The normalized spacial score (nSPS) is 13.7. The van der Waals surface area contributed by atoms with Crippen molar-refractivity contribution in [3.8, 4) is 0 Å². The Morgan fingerprint density at radius 2 is 1.83 bits per heavy atom. The number of carbonyl (C=O) groups is 1. The zero-order valence-electron chi connectivity index (χ0n) is 12.6. The molecule has 0 aromatic heterocycles. The first-order chi connectivity index (χ1) is 7.91. The van der Waals surface area contributed by atoms with Gasteiger partial charge in [-0.2, -0.15) is 0 Å². The highest BCUT2D eigenvalue weighted by atomic mass is 16.4. The highest BCUT2D eigenvalue weighted by Crippen LogP contribution is 2.15. The van der Waals surface area contributed by atoms with Gasteiger partial charge < -0.3 is 11.3 Å². The van der Waals surface area contributed by atoms with Gasteiger partial charge in [-0.1, -0.05) is 52.2 Å². The average molecular weight is 256 g/mol. The third-order valence-electron chi connectivity index (χ3n) is 2.75. The van der Waals surface area contributed by atoms with Crippen molar-refractivity contribution in [2.24, 2.45) is 11.8 Å². The van der Waals surface area contributed by atoms with Gasteiger partial charge in [0.1, 0.15) is 0 Å². The largest absolute Gasteiger partial charge is 0.478 e. The smallest absolute Gasteiger partial charge is 0.328 e. The van der Waals surface area contributed by atoms with Crippen LogP contribution in [0.15, 0.2) is 23.8 Å². The Labute approximate surface area is 112 Å². The molecule has 0 aliphatic rings. The quantitative estimate of drug-likeness (QED) is 0.483. The molecule has 18 heavy (non-hydrogen) atoms. The lowest BCUT2D eigenvalue weighted by Gasteiger charge is -2.09. The van der Waals surface area contributed by atoms with Gasteiger partial charge in [-0.25, -0.2) is 4.79 Å². The fraction of sp³-hybridized carbons (Fsp3) is 0.667. The summed E-state index contributed by atoms with van der Waals surface area (Å²) in [4.78, 5) is 10.4. The molecule has 0 heterocycles. The number of allylic oxidation sites excluding steroid dienone is 3. The van der Waals surface area contributed by atoms with Gasteiger partial charge in [0, 0.05) is 6.08 Å². The van der Waals surface area contributed by atoms with Gasteiger partial charge in [-0.05, 0) is 30.8 Å². The Kier molecular flexibility index (Phi) is 11.8. The summed E-state index contributed by atoms with van der Waals surface area (Å²) in [6.45, 7) is 8.57. The maximum Gasteiger partial charge on any atom is 0.328 e. The molecule has 0 radical (unpaired) electrons.